The minimum Gasteiger partial charge on any atom is -0.396 e. The van der Waals surface area contributed by atoms with Gasteiger partial charge in [-0.2, -0.15) is 0 Å². The SMILES string of the molecule is NC[C@@H](O)C(O)[C@@H](O)CCO. The number of rotatable bonds is 5. The van der Waals surface area contributed by atoms with Crippen LogP contribution >= 0.6 is 0 Å². The lowest BCUT2D eigenvalue weighted by molar-refractivity contribution is -0.0617. The molecule has 0 aliphatic heterocycles. The zero-order valence-electron chi connectivity index (χ0n) is 6.22. The molecule has 0 rings (SSSR count). The molecule has 5 nitrogen and oxygen atoms in total. The van der Waals surface area contributed by atoms with Crippen LogP contribution < -0.4 is 5.73 Å². The maximum absolute atomic E-state index is 9.03. The minimum absolute atomic E-state index is 0.0399. The molecule has 0 bridgehead atoms. The lowest BCUT2D eigenvalue weighted by Crippen LogP contribution is -2.41. The maximum Gasteiger partial charge on any atom is 0.107 e. The Labute approximate surface area is 65.1 Å². The molecule has 0 aromatic carbocycles. The van der Waals surface area contributed by atoms with Gasteiger partial charge in [-0.05, 0) is 6.42 Å². The Balaban J connectivity index is 3.70. The van der Waals surface area contributed by atoms with Crippen LogP contribution in [0.3, 0.4) is 0 Å². The fourth-order valence-corrected chi connectivity index (χ4v) is 0.699. The van der Waals surface area contributed by atoms with Crippen LogP contribution in [-0.4, -0.2) is 51.9 Å². The summed E-state index contributed by atoms with van der Waals surface area (Å²) in [6.45, 7) is -0.334. The molecule has 11 heavy (non-hydrogen) atoms. The van der Waals surface area contributed by atoms with E-state index >= 15 is 0 Å². The number of hydrogen-bond donors (Lipinski definition) is 5. The average Bonchev–Trinajstić information content (AvgIpc) is 2.02. The molecule has 0 radical (unpaired) electrons. The third kappa shape index (κ3) is 3.64. The van der Waals surface area contributed by atoms with Gasteiger partial charge in [0.25, 0.3) is 0 Å². The quantitative estimate of drug-likeness (QED) is 0.307. The van der Waals surface area contributed by atoms with Gasteiger partial charge in [0.1, 0.15) is 6.10 Å². The Kier molecular flexibility index (Phi) is 5.35. The highest BCUT2D eigenvalue weighted by Gasteiger charge is 2.22. The highest BCUT2D eigenvalue weighted by Crippen LogP contribution is 2.02. The van der Waals surface area contributed by atoms with Crippen molar-refractivity contribution in [3.05, 3.63) is 0 Å². The molecule has 0 aliphatic carbocycles. The van der Waals surface area contributed by atoms with E-state index in [1.807, 2.05) is 0 Å². The van der Waals surface area contributed by atoms with Crippen molar-refractivity contribution in [2.75, 3.05) is 13.2 Å². The van der Waals surface area contributed by atoms with Crippen LogP contribution in [-0.2, 0) is 0 Å². The van der Waals surface area contributed by atoms with Crippen LogP contribution in [0.5, 0.6) is 0 Å². The Morgan fingerprint density at radius 3 is 2.00 bits per heavy atom. The normalized spacial score (nSPS) is 19.4. The van der Waals surface area contributed by atoms with Crippen molar-refractivity contribution >= 4 is 0 Å². The number of nitrogens with two attached hydrogens (primary N) is 1. The van der Waals surface area contributed by atoms with E-state index in [9.17, 15) is 0 Å². The summed E-state index contributed by atoms with van der Waals surface area (Å²) in [5, 5.41) is 35.3. The van der Waals surface area contributed by atoms with Gasteiger partial charge in [0.15, 0.2) is 0 Å². The van der Waals surface area contributed by atoms with E-state index < -0.39 is 18.3 Å². The smallest absolute Gasteiger partial charge is 0.107 e. The van der Waals surface area contributed by atoms with Crippen molar-refractivity contribution in [2.24, 2.45) is 5.73 Å². The number of aliphatic hydroxyl groups is 4. The second-order valence-electron chi connectivity index (χ2n) is 2.37. The lowest BCUT2D eigenvalue weighted by Gasteiger charge is -2.20. The van der Waals surface area contributed by atoms with Gasteiger partial charge in [0.05, 0.1) is 12.2 Å². The summed E-state index contributed by atoms with van der Waals surface area (Å²) >= 11 is 0. The van der Waals surface area contributed by atoms with Gasteiger partial charge in [0.2, 0.25) is 0 Å². The molecule has 0 fully saturated rings. The molecule has 1 unspecified atom stereocenters. The molecule has 0 spiro atoms. The minimum atomic E-state index is -1.27. The van der Waals surface area contributed by atoms with Gasteiger partial charge >= 0.3 is 0 Å². The summed E-state index contributed by atoms with van der Waals surface area (Å²) in [6, 6.07) is 0. The molecular weight excluding hydrogens is 150 g/mol. The van der Waals surface area contributed by atoms with Crippen molar-refractivity contribution in [1.29, 1.82) is 0 Å². The number of hydrogen-bond acceptors (Lipinski definition) is 5. The van der Waals surface area contributed by atoms with Crippen molar-refractivity contribution < 1.29 is 20.4 Å². The van der Waals surface area contributed by atoms with E-state index in [-0.39, 0.29) is 19.6 Å². The summed E-state index contributed by atoms with van der Waals surface area (Å²) in [5.41, 5.74) is 5.02. The van der Waals surface area contributed by atoms with E-state index in [2.05, 4.69) is 0 Å². The maximum atomic E-state index is 9.03. The summed E-state index contributed by atoms with van der Waals surface area (Å²) in [4.78, 5) is 0. The second kappa shape index (κ2) is 5.45. The molecular formula is C6H15NO4. The van der Waals surface area contributed by atoms with Gasteiger partial charge in [-0.15, -0.1) is 0 Å². The van der Waals surface area contributed by atoms with Crippen molar-refractivity contribution in [1.82, 2.24) is 0 Å². The zero-order valence-corrected chi connectivity index (χ0v) is 6.22. The van der Waals surface area contributed by atoms with Gasteiger partial charge in [-0.3, -0.25) is 0 Å². The first-order valence-electron chi connectivity index (χ1n) is 3.48. The predicted octanol–water partition coefficient (Wildman–Crippen LogP) is -2.59. The first-order chi connectivity index (χ1) is 5.13. The molecule has 6 N–H and O–H groups in total. The fraction of sp³-hybridized carbons (Fsp3) is 1.00. The van der Waals surface area contributed by atoms with Crippen LogP contribution in [0.2, 0.25) is 0 Å². The largest absolute Gasteiger partial charge is 0.396 e. The predicted molar refractivity (Wildman–Crippen MR) is 38.8 cm³/mol. The molecule has 0 saturated heterocycles. The van der Waals surface area contributed by atoms with E-state index in [0.29, 0.717) is 0 Å². The topological polar surface area (TPSA) is 107 Å². The third-order valence-corrected chi connectivity index (χ3v) is 1.45. The zero-order chi connectivity index (χ0) is 8.85. The van der Waals surface area contributed by atoms with Gasteiger partial charge in [-0.25, -0.2) is 0 Å². The van der Waals surface area contributed by atoms with Crippen LogP contribution in [0.1, 0.15) is 6.42 Å². The molecule has 0 heterocycles. The van der Waals surface area contributed by atoms with Crippen molar-refractivity contribution in [2.45, 2.75) is 24.7 Å². The highest BCUT2D eigenvalue weighted by atomic mass is 16.4. The van der Waals surface area contributed by atoms with Crippen LogP contribution in [0.25, 0.3) is 0 Å². The molecule has 0 aromatic rings. The van der Waals surface area contributed by atoms with Crippen molar-refractivity contribution in [3.63, 3.8) is 0 Å². The third-order valence-electron chi connectivity index (χ3n) is 1.45. The van der Waals surface area contributed by atoms with Crippen LogP contribution in [0, 0.1) is 0 Å². The van der Waals surface area contributed by atoms with E-state index in [0.717, 1.165) is 0 Å². The second-order valence-corrected chi connectivity index (χ2v) is 2.37. The fourth-order valence-electron chi connectivity index (χ4n) is 0.699. The van der Waals surface area contributed by atoms with Crippen LogP contribution in [0.4, 0.5) is 0 Å². The first-order valence-corrected chi connectivity index (χ1v) is 3.48. The lowest BCUT2D eigenvalue weighted by atomic mass is 10.1. The van der Waals surface area contributed by atoms with Crippen LogP contribution in [0.15, 0.2) is 0 Å². The van der Waals surface area contributed by atoms with E-state index in [1.54, 1.807) is 0 Å². The number of aliphatic hydroxyl groups excluding tert-OH is 4. The van der Waals surface area contributed by atoms with Gasteiger partial charge in [0, 0.05) is 13.2 Å². The molecule has 0 amide bonds. The molecule has 0 saturated carbocycles. The Bertz CT molecular complexity index is 101. The Morgan fingerprint density at radius 2 is 1.64 bits per heavy atom. The summed E-state index contributed by atoms with van der Waals surface area (Å²) in [6.07, 6.45) is -3.47. The molecule has 3 atom stereocenters. The molecule has 5 heteroatoms. The first kappa shape index (κ1) is 10.8. The van der Waals surface area contributed by atoms with Gasteiger partial charge in [-0.1, -0.05) is 0 Å². The van der Waals surface area contributed by atoms with Gasteiger partial charge < -0.3 is 26.2 Å². The standard InChI is InChI=1S/C6H15NO4/c7-3-5(10)6(11)4(9)1-2-8/h4-6,8-11H,1-3,7H2/t4-,5+,6?/m0/s1. The molecule has 0 aliphatic rings. The Morgan fingerprint density at radius 1 is 1.09 bits per heavy atom. The van der Waals surface area contributed by atoms with E-state index in [4.69, 9.17) is 26.2 Å². The van der Waals surface area contributed by atoms with Crippen molar-refractivity contribution in [3.8, 4) is 0 Å². The Hall–Kier alpha value is -0.200. The molecule has 0 aromatic heterocycles. The molecule has 68 valence electrons. The average molecular weight is 165 g/mol. The monoisotopic (exact) mass is 165 g/mol. The summed E-state index contributed by atoms with van der Waals surface area (Å²) < 4.78 is 0. The van der Waals surface area contributed by atoms with E-state index in [1.165, 1.54) is 0 Å². The summed E-state index contributed by atoms with van der Waals surface area (Å²) in [7, 11) is 0. The summed E-state index contributed by atoms with van der Waals surface area (Å²) in [5.74, 6) is 0. The highest BCUT2D eigenvalue weighted by molar-refractivity contribution is 4.75.